The van der Waals surface area contributed by atoms with E-state index < -0.39 is 21.9 Å². The molecule has 2 unspecified atom stereocenters. The molecule has 2 atom stereocenters. The van der Waals surface area contributed by atoms with Crippen LogP contribution in [0.25, 0.3) is 0 Å². The van der Waals surface area contributed by atoms with E-state index in [1.165, 1.54) is 32.0 Å². The Balaban J connectivity index is 3.19. The molecule has 0 aliphatic carbocycles. The molecule has 0 saturated heterocycles. The lowest BCUT2D eigenvalue weighted by Gasteiger charge is -2.10. The lowest BCUT2D eigenvalue weighted by molar-refractivity contribution is -0.525. The molecule has 1 rings (SSSR count). The average Bonchev–Trinajstić information content (AvgIpc) is 2.27. The molecule has 0 heterocycles. The smallest absolute Gasteiger partial charge is 0.237 e. The molecule has 0 bridgehead atoms. The summed E-state index contributed by atoms with van der Waals surface area (Å²) in [6.07, 6.45) is 0. The molecule has 0 radical (unpaired) electrons. The van der Waals surface area contributed by atoms with Crippen molar-refractivity contribution in [3.63, 3.8) is 0 Å². The van der Waals surface area contributed by atoms with Gasteiger partial charge in [-0.3, -0.25) is 20.2 Å². The zero-order valence-corrected chi connectivity index (χ0v) is 9.49. The maximum atomic E-state index is 10.7. The minimum absolute atomic E-state index is 0.272. The summed E-state index contributed by atoms with van der Waals surface area (Å²) in [7, 11) is 0. The van der Waals surface area contributed by atoms with Gasteiger partial charge >= 0.3 is 0 Å². The molecular formula is C10H13N3O4. The van der Waals surface area contributed by atoms with Crippen LogP contribution in [0.3, 0.4) is 0 Å². The van der Waals surface area contributed by atoms with E-state index in [9.17, 15) is 20.2 Å². The van der Waals surface area contributed by atoms with Crippen molar-refractivity contribution in [2.24, 2.45) is 0 Å². The summed E-state index contributed by atoms with van der Waals surface area (Å²) in [5.74, 6) is 0. The first-order valence-corrected chi connectivity index (χ1v) is 5.01. The van der Waals surface area contributed by atoms with Gasteiger partial charge in [-0.05, 0) is 12.1 Å². The summed E-state index contributed by atoms with van der Waals surface area (Å²) in [4.78, 5) is 20.4. The van der Waals surface area contributed by atoms with Gasteiger partial charge in [0.1, 0.15) is 0 Å². The second-order valence-electron chi connectivity index (χ2n) is 3.81. The first kappa shape index (κ1) is 12.9. The predicted octanol–water partition coefficient (Wildman–Crippen LogP) is 1.94. The third-order valence-corrected chi connectivity index (χ3v) is 2.68. The van der Waals surface area contributed by atoms with Gasteiger partial charge in [-0.1, -0.05) is 6.07 Å². The Morgan fingerprint density at radius 1 is 1.12 bits per heavy atom. The van der Waals surface area contributed by atoms with Gasteiger partial charge < -0.3 is 5.73 Å². The Kier molecular flexibility index (Phi) is 3.62. The number of nitrogens with zero attached hydrogens (tertiary/aromatic N) is 2. The first-order chi connectivity index (χ1) is 7.84. The molecule has 0 fully saturated rings. The Morgan fingerprint density at radius 2 is 1.65 bits per heavy atom. The van der Waals surface area contributed by atoms with Crippen LogP contribution < -0.4 is 5.73 Å². The van der Waals surface area contributed by atoms with Crippen LogP contribution in [0.15, 0.2) is 18.2 Å². The molecule has 0 aromatic heterocycles. The van der Waals surface area contributed by atoms with Crippen LogP contribution >= 0.6 is 0 Å². The minimum atomic E-state index is -0.978. The molecule has 0 aliphatic rings. The number of hydrogen-bond donors (Lipinski definition) is 1. The Hall–Kier alpha value is -2.18. The van der Waals surface area contributed by atoms with E-state index in [4.69, 9.17) is 5.73 Å². The first-order valence-electron chi connectivity index (χ1n) is 5.01. The van der Waals surface area contributed by atoms with E-state index in [1.807, 2.05) is 0 Å². The number of nitro groups is 2. The van der Waals surface area contributed by atoms with Crippen molar-refractivity contribution in [2.45, 2.75) is 25.9 Å². The molecule has 1 aromatic carbocycles. The quantitative estimate of drug-likeness (QED) is 0.490. The molecule has 2 N–H and O–H groups in total. The highest BCUT2D eigenvalue weighted by atomic mass is 16.6. The van der Waals surface area contributed by atoms with Gasteiger partial charge in [0, 0.05) is 40.5 Å². The number of nitrogen functional groups attached to an aromatic ring is 1. The highest BCUT2D eigenvalue weighted by Crippen LogP contribution is 2.27. The van der Waals surface area contributed by atoms with Gasteiger partial charge in [0.2, 0.25) is 12.1 Å². The second kappa shape index (κ2) is 4.77. The van der Waals surface area contributed by atoms with Crippen LogP contribution in [-0.2, 0) is 0 Å². The molecule has 7 heteroatoms. The third kappa shape index (κ3) is 2.68. The van der Waals surface area contributed by atoms with E-state index in [1.54, 1.807) is 0 Å². The van der Waals surface area contributed by atoms with E-state index >= 15 is 0 Å². The number of rotatable bonds is 4. The topological polar surface area (TPSA) is 112 Å². The summed E-state index contributed by atoms with van der Waals surface area (Å²) in [6, 6.07) is 2.52. The SMILES string of the molecule is CC(c1ccc(N)c(C(C)[N+](=O)[O-])c1)[N+](=O)[O-]. The summed E-state index contributed by atoms with van der Waals surface area (Å²) >= 11 is 0. The fourth-order valence-corrected chi connectivity index (χ4v) is 1.45. The molecule has 0 amide bonds. The monoisotopic (exact) mass is 239 g/mol. The van der Waals surface area contributed by atoms with Gasteiger partial charge in [-0.2, -0.15) is 0 Å². The van der Waals surface area contributed by atoms with Crippen molar-refractivity contribution in [1.29, 1.82) is 0 Å². The molecule has 0 spiro atoms. The summed E-state index contributed by atoms with van der Waals surface area (Å²) < 4.78 is 0. The molecule has 0 aliphatic heterocycles. The van der Waals surface area contributed by atoms with Crippen molar-refractivity contribution in [3.8, 4) is 0 Å². The van der Waals surface area contributed by atoms with Gasteiger partial charge in [0.05, 0.1) is 0 Å². The molecule has 92 valence electrons. The normalized spacial score (nSPS) is 14.0. The van der Waals surface area contributed by atoms with Crippen molar-refractivity contribution < 1.29 is 9.85 Å². The van der Waals surface area contributed by atoms with Gasteiger partial charge in [-0.15, -0.1) is 0 Å². The summed E-state index contributed by atoms with van der Waals surface area (Å²) in [5, 5.41) is 21.3. The number of hydrogen-bond acceptors (Lipinski definition) is 5. The Bertz CT molecular complexity index is 461. The summed E-state index contributed by atoms with van der Waals surface area (Å²) in [6.45, 7) is 2.82. The number of anilines is 1. The van der Waals surface area contributed by atoms with Crippen molar-refractivity contribution in [2.75, 3.05) is 5.73 Å². The van der Waals surface area contributed by atoms with E-state index in [-0.39, 0.29) is 5.69 Å². The van der Waals surface area contributed by atoms with Gasteiger partial charge in [-0.25, -0.2) is 0 Å². The standard InChI is InChI=1S/C10H13N3O4/c1-6(12(14)15)8-3-4-10(11)9(5-8)7(2)13(16)17/h3-7H,11H2,1-2H3. The fourth-order valence-electron chi connectivity index (χ4n) is 1.45. The molecule has 7 nitrogen and oxygen atoms in total. The maximum Gasteiger partial charge on any atom is 0.237 e. The lowest BCUT2D eigenvalue weighted by atomic mass is 10.00. The van der Waals surface area contributed by atoms with Crippen LogP contribution in [0.5, 0.6) is 0 Å². The van der Waals surface area contributed by atoms with Crippen LogP contribution in [0.4, 0.5) is 5.69 Å². The average molecular weight is 239 g/mol. The third-order valence-electron chi connectivity index (χ3n) is 2.68. The largest absolute Gasteiger partial charge is 0.398 e. The number of nitrogens with two attached hydrogens (primary N) is 1. The Morgan fingerprint density at radius 3 is 2.12 bits per heavy atom. The van der Waals surface area contributed by atoms with E-state index in [2.05, 4.69) is 0 Å². The van der Waals surface area contributed by atoms with Crippen LogP contribution in [-0.4, -0.2) is 9.85 Å². The Labute approximate surface area is 97.5 Å². The fraction of sp³-hybridized carbons (Fsp3) is 0.400. The maximum absolute atomic E-state index is 10.7. The van der Waals surface area contributed by atoms with Gasteiger partial charge in [0.25, 0.3) is 0 Å². The molecular weight excluding hydrogens is 226 g/mol. The van der Waals surface area contributed by atoms with Gasteiger partial charge in [0.15, 0.2) is 0 Å². The lowest BCUT2D eigenvalue weighted by Crippen LogP contribution is -2.11. The van der Waals surface area contributed by atoms with E-state index in [0.717, 1.165) is 0 Å². The van der Waals surface area contributed by atoms with Crippen molar-refractivity contribution >= 4 is 5.69 Å². The zero-order valence-electron chi connectivity index (χ0n) is 9.49. The molecule has 17 heavy (non-hydrogen) atoms. The van der Waals surface area contributed by atoms with Crippen LogP contribution in [0.1, 0.15) is 37.1 Å². The highest BCUT2D eigenvalue weighted by molar-refractivity contribution is 5.50. The van der Waals surface area contributed by atoms with Crippen LogP contribution in [0.2, 0.25) is 0 Å². The van der Waals surface area contributed by atoms with Crippen molar-refractivity contribution in [1.82, 2.24) is 0 Å². The van der Waals surface area contributed by atoms with E-state index in [0.29, 0.717) is 11.1 Å². The number of benzene rings is 1. The molecule has 1 aromatic rings. The minimum Gasteiger partial charge on any atom is -0.398 e. The molecule has 0 saturated carbocycles. The predicted molar refractivity (Wildman–Crippen MR) is 61.7 cm³/mol. The van der Waals surface area contributed by atoms with Crippen LogP contribution in [0, 0.1) is 20.2 Å². The van der Waals surface area contributed by atoms with Crippen molar-refractivity contribution in [3.05, 3.63) is 49.6 Å². The summed E-state index contributed by atoms with van der Waals surface area (Å²) in [5.41, 5.74) is 6.62. The highest BCUT2D eigenvalue weighted by Gasteiger charge is 2.23. The second-order valence-corrected chi connectivity index (χ2v) is 3.81. The zero-order chi connectivity index (χ0) is 13.2.